The zero-order chi connectivity index (χ0) is 14.4. The van der Waals surface area contributed by atoms with Crippen LogP contribution in [0.15, 0.2) is 24.3 Å². The van der Waals surface area contributed by atoms with Crippen molar-refractivity contribution >= 4 is 21.4 Å². The molecule has 0 bridgehead atoms. The summed E-state index contributed by atoms with van der Waals surface area (Å²) in [6.45, 7) is 11.5. The van der Waals surface area contributed by atoms with Gasteiger partial charge in [-0.3, -0.25) is 0 Å². The van der Waals surface area contributed by atoms with Crippen molar-refractivity contribution in [3.05, 3.63) is 34.7 Å². The Labute approximate surface area is 126 Å². The summed E-state index contributed by atoms with van der Waals surface area (Å²) in [4.78, 5) is 3.77. The Hall–Kier alpha value is -0.900. The molecule has 2 nitrogen and oxygen atoms in total. The first-order chi connectivity index (χ1) is 9.72. The molecular formula is C17H25NOS. The molecule has 0 spiro atoms. The molecule has 1 heterocycles. The SMILES string of the molecule is CCN(CC)CCOCCc1ccc2sc(C)cc2c1. The molecule has 20 heavy (non-hydrogen) atoms. The number of thiophene rings is 1. The van der Waals surface area contributed by atoms with E-state index in [-0.39, 0.29) is 0 Å². The van der Waals surface area contributed by atoms with Gasteiger partial charge in [-0.05, 0) is 49.5 Å². The number of hydrogen-bond acceptors (Lipinski definition) is 3. The minimum absolute atomic E-state index is 0.815. The van der Waals surface area contributed by atoms with E-state index in [4.69, 9.17) is 4.74 Å². The van der Waals surface area contributed by atoms with Gasteiger partial charge in [-0.25, -0.2) is 0 Å². The van der Waals surface area contributed by atoms with E-state index in [9.17, 15) is 0 Å². The molecule has 1 aromatic carbocycles. The Kier molecular flexibility index (Phi) is 6.02. The molecule has 0 radical (unpaired) electrons. The highest BCUT2D eigenvalue weighted by Gasteiger charge is 2.01. The van der Waals surface area contributed by atoms with Crippen LogP contribution >= 0.6 is 11.3 Å². The first-order valence-electron chi connectivity index (χ1n) is 7.52. The summed E-state index contributed by atoms with van der Waals surface area (Å²) in [5, 5.41) is 1.37. The fraction of sp³-hybridized carbons (Fsp3) is 0.529. The molecular weight excluding hydrogens is 266 g/mol. The maximum absolute atomic E-state index is 5.75. The van der Waals surface area contributed by atoms with Crippen molar-refractivity contribution in [2.75, 3.05) is 32.8 Å². The monoisotopic (exact) mass is 291 g/mol. The van der Waals surface area contributed by atoms with E-state index in [1.165, 1.54) is 20.5 Å². The molecule has 0 N–H and O–H groups in total. The standard InChI is InChI=1S/C17H25NOS/c1-4-18(5-2)9-11-19-10-8-15-6-7-17-16(13-15)12-14(3)20-17/h6-7,12-13H,4-5,8-11H2,1-3H3. The Balaban J connectivity index is 1.75. The number of aryl methyl sites for hydroxylation is 1. The zero-order valence-corrected chi connectivity index (χ0v) is 13.6. The van der Waals surface area contributed by atoms with Crippen LogP contribution in [0.3, 0.4) is 0 Å². The van der Waals surface area contributed by atoms with Crippen molar-refractivity contribution in [1.29, 1.82) is 0 Å². The lowest BCUT2D eigenvalue weighted by Crippen LogP contribution is -2.27. The van der Waals surface area contributed by atoms with Gasteiger partial charge in [0.25, 0.3) is 0 Å². The van der Waals surface area contributed by atoms with E-state index >= 15 is 0 Å². The summed E-state index contributed by atoms with van der Waals surface area (Å²) in [5.74, 6) is 0. The molecule has 2 rings (SSSR count). The number of likely N-dealkylation sites (N-methyl/N-ethyl adjacent to an activating group) is 1. The highest BCUT2D eigenvalue weighted by Crippen LogP contribution is 2.25. The van der Waals surface area contributed by atoms with Crippen LogP contribution in [0.4, 0.5) is 0 Å². The molecule has 0 atom stereocenters. The first-order valence-corrected chi connectivity index (χ1v) is 8.33. The molecule has 0 saturated carbocycles. The van der Waals surface area contributed by atoms with Crippen LogP contribution in [0, 0.1) is 6.92 Å². The minimum Gasteiger partial charge on any atom is -0.380 e. The Morgan fingerprint density at radius 2 is 1.90 bits per heavy atom. The third-order valence-corrected chi connectivity index (χ3v) is 4.72. The molecule has 3 heteroatoms. The van der Waals surface area contributed by atoms with Gasteiger partial charge in [0.05, 0.1) is 13.2 Å². The predicted octanol–water partition coefficient (Wildman–Crippen LogP) is 4.11. The summed E-state index contributed by atoms with van der Waals surface area (Å²) in [6, 6.07) is 9.03. The van der Waals surface area contributed by atoms with Crippen LogP contribution in [0.25, 0.3) is 10.1 Å². The average molecular weight is 291 g/mol. The van der Waals surface area contributed by atoms with Gasteiger partial charge in [-0.2, -0.15) is 0 Å². The van der Waals surface area contributed by atoms with E-state index in [2.05, 4.69) is 49.9 Å². The maximum atomic E-state index is 5.75. The predicted molar refractivity (Wildman–Crippen MR) is 88.9 cm³/mol. The van der Waals surface area contributed by atoms with Crippen LogP contribution < -0.4 is 0 Å². The van der Waals surface area contributed by atoms with Crippen molar-refractivity contribution in [3.8, 4) is 0 Å². The minimum atomic E-state index is 0.815. The van der Waals surface area contributed by atoms with Crippen molar-refractivity contribution < 1.29 is 4.74 Å². The highest BCUT2D eigenvalue weighted by molar-refractivity contribution is 7.19. The zero-order valence-electron chi connectivity index (χ0n) is 12.8. The molecule has 0 unspecified atom stereocenters. The van der Waals surface area contributed by atoms with E-state index in [0.29, 0.717) is 0 Å². The number of fused-ring (bicyclic) bond motifs is 1. The lowest BCUT2D eigenvalue weighted by atomic mass is 10.1. The average Bonchev–Trinajstić information content (AvgIpc) is 2.82. The molecule has 1 aromatic heterocycles. The molecule has 0 saturated heterocycles. The highest BCUT2D eigenvalue weighted by atomic mass is 32.1. The number of benzene rings is 1. The Bertz CT molecular complexity index is 531. The molecule has 0 aliphatic carbocycles. The second kappa shape index (κ2) is 7.77. The molecule has 110 valence electrons. The van der Waals surface area contributed by atoms with Crippen LogP contribution in [-0.4, -0.2) is 37.7 Å². The third kappa shape index (κ3) is 4.30. The molecule has 0 fully saturated rings. The number of rotatable bonds is 8. The molecule has 2 aromatic rings. The van der Waals surface area contributed by atoms with Gasteiger partial charge in [0.1, 0.15) is 0 Å². The third-order valence-electron chi connectivity index (χ3n) is 3.69. The van der Waals surface area contributed by atoms with Gasteiger partial charge >= 0.3 is 0 Å². The number of hydrogen-bond donors (Lipinski definition) is 0. The molecule has 0 amide bonds. The van der Waals surface area contributed by atoms with Crippen molar-refractivity contribution in [2.24, 2.45) is 0 Å². The quantitative estimate of drug-likeness (QED) is 0.679. The van der Waals surface area contributed by atoms with Gasteiger partial charge in [-0.1, -0.05) is 26.0 Å². The maximum Gasteiger partial charge on any atom is 0.0593 e. The van der Waals surface area contributed by atoms with E-state index in [0.717, 1.165) is 39.3 Å². The van der Waals surface area contributed by atoms with E-state index in [1.807, 2.05) is 11.3 Å². The van der Waals surface area contributed by atoms with Crippen molar-refractivity contribution in [1.82, 2.24) is 4.90 Å². The summed E-state index contributed by atoms with van der Waals surface area (Å²) < 4.78 is 7.13. The van der Waals surface area contributed by atoms with Crippen LogP contribution in [0.5, 0.6) is 0 Å². The van der Waals surface area contributed by atoms with E-state index < -0.39 is 0 Å². The Morgan fingerprint density at radius 3 is 2.65 bits per heavy atom. The summed E-state index contributed by atoms with van der Waals surface area (Å²) in [6.07, 6.45) is 1.00. The smallest absolute Gasteiger partial charge is 0.0593 e. The summed E-state index contributed by atoms with van der Waals surface area (Å²) in [5.41, 5.74) is 1.37. The van der Waals surface area contributed by atoms with Gasteiger partial charge in [0, 0.05) is 16.1 Å². The van der Waals surface area contributed by atoms with Gasteiger partial charge in [-0.15, -0.1) is 11.3 Å². The number of nitrogens with zero attached hydrogens (tertiary/aromatic N) is 1. The fourth-order valence-corrected chi connectivity index (χ4v) is 3.31. The second-order valence-electron chi connectivity index (χ2n) is 5.12. The lowest BCUT2D eigenvalue weighted by Gasteiger charge is -2.17. The summed E-state index contributed by atoms with van der Waals surface area (Å²) >= 11 is 1.86. The fourth-order valence-electron chi connectivity index (χ4n) is 2.41. The Morgan fingerprint density at radius 1 is 1.10 bits per heavy atom. The number of ether oxygens (including phenoxy) is 1. The van der Waals surface area contributed by atoms with Gasteiger partial charge in [0.15, 0.2) is 0 Å². The van der Waals surface area contributed by atoms with Crippen molar-refractivity contribution in [3.63, 3.8) is 0 Å². The van der Waals surface area contributed by atoms with E-state index in [1.54, 1.807) is 0 Å². The summed E-state index contributed by atoms with van der Waals surface area (Å²) in [7, 11) is 0. The van der Waals surface area contributed by atoms with Crippen LogP contribution in [-0.2, 0) is 11.2 Å². The second-order valence-corrected chi connectivity index (χ2v) is 6.41. The van der Waals surface area contributed by atoms with Crippen LogP contribution in [0.2, 0.25) is 0 Å². The van der Waals surface area contributed by atoms with Crippen molar-refractivity contribution in [2.45, 2.75) is 27.2 Å². The topological polar surface area (TPSA) is 12.5 Å². The first kappa shape index (κ1) is 15.5. The van der Waals surface area contributed by atoms with Gasteiger partial charge < -0.3 is 9.64 Å². The van der Waals surface area contributed by atoms with Crippen LogP contribution in [0.1, 0.15) is 24.3 Å². The largest absolute Gasteiger partial charge is 0.380 e. The lowest BCUT2D eigenvalue weighted by molar-refractivity contribution is 0.109. The normalized spacial score (nSPS) is 11.6. The molecule has 0 aliphatic heterocycles. The molecule has 0 aliphatic rings. The van der Waals surface area contributed by atoms with Gasteiger partial charge in [0.2, 0.25) is 0 Å².